The van der Waals surface area contributed by atoms with Crippen LogP contribution in [0.1, 0.15) is 27.7 Å². The van der Waals surface area contributed by atoms with Crippen LogP contribution < -0.4 is 10.1 Å². The number of hydrogen-bond donors (Lipinski definition) is 1. The second-order valence-corrected chi connectivity index (χ2v) is 5.36. The van der Waals surface area contributed by atoms with E-state index in [0.29, 0.717) is 6.61 Å². The van der Waals surface area contributed by atoms with Gasteiger partial charge in [0.05, 0.1) is 0 Å². The molecular weight excluding hydrogens is 236 g/mol. The molecule has 0 aliphatic heterocycles. The third-order valence-corrected chi connectivity index (χ3v) is 2.79. The summed E-state index contributed by atoms with van der Waals surface area (Å²) in [5, 5.41) is 3.29. The number of ether oxygens (including phenoxy) is 1. The molecule has 1 aromatic carbocycles. The summed E-state index contributed by atoms with van der Waals surface area (Å²) in [5.74, 6) is -1.08. The lowest BCUT2D eigenvalue weighted by atomic mass is 9.87. The van der Waals surface area contributed by atoms with Gasteiger partial charge in [-0.1, -0.05) is 27.7 Å². The van der Waals surface area contributed by atoms with Gasteiger partial charge in [0.1, 0.15) is 12.4 Å². The third kappa shape index (κ3) is 4.26. The van der Waals surface area contributed by atoms with Crippen LogP contribution in [0, 0.1) is 17.0 Å². The Kier molecular flexibility index (Phi) is 5.08. The first-order valence-electron chi connectivity index (χ1n) is 6.16. The quantitative estimate of drug-likeness (QED) is 0.873. The van der Waals surface area contributed by atoms with E-state index in [1.165, 1.54) is 0 Å². The zero-order chi connectivity index (χ0) is 13.8. The molecular formula is C14H21F2NO. The van der Waals surface area contributed by atoms with E-state index in [-0.39, 0.29) is 17.2 Å². The lowest BCUT2D eigenvalue weighted by Crippen LogP contribution is -2.44. The maximum absolute atomic E-state index is 13.4. The Morgan fingerprint density at radius 3 is 2.50 bits per heavy atom. The lowest BCUT2D eigenvalue weighted by molar-refractivity contribution is 0.171. The normalized spacial score (nSPS) is 13.4. The van der Waals surface area contributed by atoms with E-state index >= 15 is 0 Å². The van der Waals surface area contributed by atoms with Crippen LogP contribution in [0.15, 0.2) is 18.2 Å². The second-order valence-electron chi connectivity index (χ2n) is 5.36. The van der Waals surface area contributed by atoms with Crippen LogP contribution >= 0.6 is 0 Å². The van der Waals surface area contributed by atoms with Crippen molar-refractivity contribution < 1.29 is 13.5 Å². The standard InChI is InChI=1S/C14H21F2NO/c1-5-17-13(14(2,3)4)9-18-12-8-10(15)6-7-11(12)16/h6-8,13,17H,5,9H2,1-4H3. The first-order valence-corrected chi connectivity index (χ1v) is 6.16. The van der Waals surface area contributed by atoms with Crippen molar-refractivity contribution in [1.29, 1.82) is 0 Å². The van der Waals surface area contributed by atoms with E-state index in [9.17, 15) is 8.78 Å². The topological polar surface area (TPSA) is 21.3 Å². The van der Waals surface area contributed by atoms with Crippen LogP contribution in [-0.2, 0) is 0 Å². The maximum atomic E-state index is 13.4. The summed E-state index contributed by atoms with van der Waals surface area (Å²) in [6.07, 6.45) is 0. The molecule has 0 bridgehead atoms. The number of rotatable bonds is 5. The lowest BCUT2D eigenvalue weighted by Gasteiger charge is -2.31. The zero-order valence-corrected chi connectivity index (χ0v) is 11.4. The molecule has 1 aromatic rings. The molecule has 0 amide bonds. The summed E-state index contributed by atoms with van der Waals surface area (Å²) < 4.78 is 31.8. The van der Waals surface area contributed by atoms with Crippen molar-refractivity contribution in [2.75, 3.05) is 13.2 Å². The van der Waals surface area contributed by atoms with Gasteiger partial charge in [0.15, 0.2) is 11.6 Å². The van der Waals surface area contributed by atoms with Crippen LogP contribution in [0.25, 0.3) is 0 Å². The molecule has 0 saturated heterocycles. The van der Waals surface area contributed by atoms with Gasteiger partial charge in [0.25, 0.3) is 0 Å². The van der Waals surface area contributed by atoms with Gasteiger partial charge >= 0.3 is 0 Å². The summed E-state index contributed by atoms with van der Waals surface area (Å²) in [4.78, 5) is 0. The van der Waals surface area contributed by atoms with Crippen molar-refractivity contribution >= 4 is 0 Å². The Balaban J connectivity index is 2.70. The Morgan fingerprint density at radius 2 is 1.94 bits per heavy atom. The number of benzene rings is 1. The molecule has 0 aromatic heterocycles. The molecule has 102 valence electrons. The van der Waals surface area contributed by atoms with E-state index in [1.807, 2.05) is 6.92 Å². The fourth-order valence-corrected chi connectivity index (χ4v) is 1.62. The monoisotopic (exact) mass is 257 g/mol. The van der Waals surface area contributed by atoms with Crippen LogP contribution in [0.5, 0.6) is 5.75 Å². The summed E-state index contributed by atoms with van der Waals surface area (Å²) in [5.41, 5.74) is -0.0141. The highest BCUT2D eigenvalue weighted by Crippen LogP contribution is 2.22. The van der Waals surface area contributed by atoms with Crippen LogP contribution in [0.3, 0.4) is 0 Å². The number of halogens is 2. The Labute approximate surface area is 107 Å². The highest BCUT2D eigenvalue weighted by Gasteiger charge is 2.24. The van der Waals surface area contributed by atoms with Crippen molar-refractivity contribution in [3.63, 3.8) is 0 Å². The van der Waals surface area contributed by atoms with Crippen molar-refractivity contribution in [3.05, 3.63) is 29.8 Å². The molecule has 1 N–H and O–H groups in total. The van der Waals surface area contributed by atoms with E-state index in [1.54, 1.807) is 0 Å². The van der Waals surface area contributed by atoms with Crippen LogP contribution in [-0.4, -0.2) is 19.2 Å². The SMILES string of the molecule is CCNC(COc1cc(F)ccc1F)C(C)(C)C. The van der Waals surface area contributed by atoms with E-state index in [0.717, 1.165) is 24.7 Å². The predicted molar refractivity (Wildman–Crippen MR) is 68.8 cm³/mol. The van der Waals surface area contributed by atoms with Gasteiger partial charge in [-0.05, 0) is 24.1 Å². The van der Waals surface area contributed by atoms with Crippen LogP contribution in [0.2, 0.25) is 0 Å². The van der Waals surface area contributed by atoms with Gasteiger partial charge in [0.2, 0.25) is 0 Å². The summed E-state index contributed by atoms with van der Waals surface area (Å²) in [6.45, 7) is 9.33. The van der Waals surface area contributed by atoms with E-state index in [2.05, 4.69) is 26.1 Å². The van der Waals surface area contributed by atoms with Gasteiger partial charge in [-0.15, -0.1) is 0 Å². The first-order chi connectivity index (χ1) is 8.34. The van der Waals surface area contributed by atoms with Crippen molar-refractivity contribution in [3.8, 4) is 5.75 Å². The van der Waals surface area contributed by atoms with Gasteiger partial charge in [-0.2, -0.15) is 0 Å². The van der Waals surface area contributed by atoms with Crippen molar-refractivity contribution in [1.82, 2.24) is 5.32 Å². The average Bonchev–Trinajstić information content (AvgIpc) is 2.27. The molecule has 0 aliphatic carbocycles. The highest BCUT2D eigenvalue weighted by molar-refractivity contribution is 5.24. The molecule has 0 heterocycles. The maximum Gasteiger partial charge on any atom is 0.165 e. The molecule has 1 unspecified atom stereocenters. The Morgan fingerprint density at radius 1 is 1.28 bits per heavy atom. The zero-order valence-electron chi connectivity index (χ0n) is 11.4. The second kappa shape index (κ2) is 6.14. The molecule has 0 fully saturated rings. The van der Waals surface area contributed by atoms with Crippen molar-refractivity contribution in [2.45, 2.75) is 33.7 Å². The third-order valence-electron chi connectivity index (χ3n) is 2.79. The van der Waals surface area contributed by atoms with Crippen molar-refractivity contribution in [2.24, 2.45) is 5.41 Å². The molecule has 18 heavy (non-hydrogen) atoms. The molecule has 4 heteroatoms. The first kappa shape index (κ1) is 14.9. The summed E-state index contributed by atoms with van der Waals surface area (Å²) in [6, 6.07) is 3.30. The molecule has 0 radical (unpaired) electrons. The fourth-order valence-electron chi connectivity index (χ4n) is 1.62. The predicted octanol–water partition coefficient (Wildman–Crippen LogP) is 3.37. The largest absolute Gasteiger partial charge is 0.489 e. The Hall–Kier alpha value is -1.16. The fraction of sp³-hybridized carbons (Fsp3) is 0.571. The smallest absolute Gasteiger partial charge is 0.165 e. The molecule has 0 saturated carbocycles. The minimum atomic E-state index is -0.541. The number of hydrogen-bond acceptors (Lipinski definition) is 2. The molecule has 0 spiro atoms. The van der Waals surface area contributed by atoms with Crippen LogP contribution in [0.4, 0.5) is 8.78 Å². The van der Waals surface area contributed by atoms with E-state index in [4.69, 9.17) is 4.74 Å². The number of nitrogens with one attached hydrogen (secondary N) is 1. The van der Waals surface area contributed by atoms with Gasteiger partial charge in [-0.25, -0.2) is 8.78 Å². The Bertz CT molecular complexity index is 388. The molecule has 0 aliphatic rings. The molecule has 1 atom stereocenters. The van der Waals surface area contributed by atoms with Gasteiger partial charge in [0, 0.05) is 12.1 Å². The highest BCUT2D eigenvalue weighted by atomic mass is 19.1. The summed E-state index contributed by atoms with van der Waals surface area (Å²) >= 11 is 0. The molecule has 2 nitrogen and oxygen atoms in total. The summed E-state index contributed by atoms with van der Waals surface area (Å²) in [7, 11) is 0. The minimum Gasteiger partial charge on any atom is -0.489 e. The van der Waals surface area contributed by atoms with Gasteiger partial charge in [-0.3, -0.25) is 0 Å². The minimum absolute atomic E-state index is 0.0141. The average molecular weight is 257 g/mol. The van der Waals surface area contributed by atoms with Gasteiger partial charge < -0.3 is 10.1 Å². The molecule has 1 rings (SSSR count). The van der Waals surface area contributed by atoms with E-state index < -0.39 is 11.6 Å². The number of likely N-dealkylation sites (N-methyl/N-ethyl adjacent to an activating group) is 1.